The van der Waals surface area contributed by atoms with Crippen molar-refractivity contribution in [2.75, 3.05) is 79.9 Å². The van der Waals surface area contributed by atoms with E-state index < -0.39 is 11.6 Å². The number of fused-ring (bicyclic) bond motifs is 4. The minimum atomic E-state index is -0.610. The van der Waals surface area contributed by atoms with Gasteiger partial charge < -0.3 is 62.3 Å². The molecule has 420 valence electrons. The van der Waals surface area contributed by atoms with Gasteiger partial charge in [-0.05, 0) is 156 Å². The number of ether oxygens (including phenoxy) is 7. The Balaban J connectivity index is 0.000000195. The number of piperidine rings is 2. The summed E-state index contributed by atoms with van der Waals surface area (Å²) in [6.45, 7) is 18.9. The Kier molecular flexibility index (Phi) is 17.9. The number of hydrogen-bond donors (Lipinski definition) is 1. The number of nitrogens with one attached hydrogen (secondary N) is 1. The predicted molar refractivity (Wildman–Crippen MR) is 301 cm³/mol. The van der Waals surface area contributed by atoms with Crippen LogP contribution in [0.4, 0.5) is 4.79 Å². The van der Waals surface area contributed by atoms with Gasteiger partial charge in [0, 0.05) is 87.3 Å². The van der Waals surface area contributed by atoms with Crippen LogP contribution in [0.2, 0.25) is 0 Å². The monoisotopic (exact) mass is 1080 g/mol. The third-order valence-electron chi connectivity index (χ3n) is 15.0. The molecule has 0 saturated carbocycles. The molecule has 6 heterocycles. The Morgan fingerprint density at radius 1 is 0.582 bits per heavy atom. The molecule has 0 unspecified atom stereocenters. The predicted octanol–water partition coefficient (Wildman–Crippen LogP) is 7.89. The molecule has 10 rings (SSSR count). The van der Waals surface area contributed by atoms with E-state index in [1.54, 1.807) is 27.3 Å². The number of carbonyl (C=O) groups is 3. The maximum atomic E-state index is 13.4. The first-order valence-corrected chi connectivity index (χ1v) is 27.4. The fraction of sp³-hybridized carbons (Fsp3) is 0.459. The van der Waals surface area contributed by atoms with Gasteiger partial charge >= 0.3 is 18.0 Å². The molecule has 0 atom stereocenters. The second kappa shape index (κ2) is 25.1. The Morgan fingerprint density at radius 2 is 1.04 bits per heavy atom. The first-order chi connectivity index (χ1) is 38.0. The fourth-order valence-corrected chi connectivity index (χ4v) is 10.9. The summed E-state index contributed by atoms with van der Waals surface area (Å²) in [6, 6.07) is 26.4. The van der Waals surface area contributed by atoms with Crippen molar-refractivity contribution in [1.29, 1.82) is 0 Å². The molecule has 1 N–H and O–H groups in total. The minimum Gasteiger partial charge on any atom is -0.486 e. The van der Waals surface area contributed by atoms with Crippen molar-refractivity contribution in [3.8, 4) is 23.0 Å². The number of pyridine rings is 2. The molecule has 6 aromatic rings. The van der Waals surface area contributed by atoms with E-state index in [1.807, 2.05) is 82.0 Å². The van der Waals surface area contributed by atoms with E-state index in [2.05, 4.69) is 27.2 Å². The average Bonchev–Trinajstić information content (AvgIpc) is 3.44. The van der Waals surface area contributed by atoms with E-state index in [0.29, 0.717) is 86.7 Å². The van der Waals surface area contributed by atoms with Crippen molar-refractivity contribution in [3.63, 3.8) is 0 Å². The van der Waals surface area contributed by atoms with Crippen LogP contribution in [0.25, 0.3) is 21.8 Å². The van der Waals surface area contributed by atoms with Crippen LogP contribution >= 0.6 is 0 Å². The molecule has 18 heteroatoms. The number of aryl methyl sites for hydroxylation is 2. The van der Waals surface area contributed by atoms with Gasteiger partial charge in [-0.25, -0.2) is 14.4 Å². The molecule has 2 fully saturated rings. The Bertz CT molecular complexity index is 3300. The normalized spacial score (nSPS) is 16.0. The van der Waals surface area contributed by atoms with Crippen molar-refractivity contribution in [2.24, 2.45) is 0 Å². The highest BCUT2D eigenvalue weighted by Crippen LogP contribution is 2.33. The number of nitrogens with zero attached hydrogens (tertiary/aromatic N) is 5. The van der Waals surface area contributed by atoms with Crippen LogP contribution in [0, 0.1) is 13.8 Å². The number of rotatable bonds is 14. The van der Waals surface area contributed by atoms with Crippen molar-refractivity contribution < 1.29 is 47.5 Å². The average molecular weight is 1080 g/mol. The molecule has 4 aromatic carbocycles. The largest absolute Gasteiger partial charge is 0.486 e. The van der Waals surface area contributed by atoms with Gasteiger partial charge in [-0.3, -0.25) is 9.59 Å². The standard InChI is InChI=1S/C33H41N3O7.C28H33N3O5/c1-22-18-26(31(38)40-5)25-7-9-30(37)35(27(25)19-22)15-14-34-12-10-24(11-13-34)36(32(39)43-33(2,3)4)21-23-6-8-28-29(20-23)42-17-16-41-28;1-19-15-23(28(33)34-2)22-4-6-27(32)31(24(22)16-19)12-11-30-9-7-21(8-10-30)29-18-20-3-5-25-26(17-20)36-14-13-35-25/h6-9,18-20,24H,10-17,21H2,1-5H3;3-6,15-17,21,29H,7-14,18H2,1-2H3. The number of hydrogen-bond acceptors (Lipinski definition) is 15. The fourth-order valence-electron chi connectivity index (χ4n) is 10.9. The van der Waals surface area contributed by atoms with E-state index in [0.717, 1.165) is 110 Å². The maximum absolute atomic E-state index is 13.4. The summed E-state index contributed by atoms with van der Waals surface area (Å²) in [6.07, 6.45) is 3.33. The number of likely N-dealkylation sites (tertiary alicyclic amines) is 2. The molecule has 0 radical (unpaired) electrons. The summed E-state index contributed by atoms with van der Waals surface area (Å²) < 4.78 is 42.0. The van der Waals surface area contributed by atoms with E-state index in [4.69, 9.17) is 33.2 Å². The number of carbonyl (C=O) groups excluding carboxylic acids is 3. The highest BCUT2D eigenvalue weighted by Gasteiger charge is 2.32. The molecular weight excluding hydrogens is 1010 g/mol. The quantitative estimate of drug-likeness (QED) is 0.0821. The Labute approximate surface area is 461 Å². The van der Waals surface area contributed by atoms with Gasteiger partial charge in [-0.2, -0.15) is 0 Å². The van der Waals surface area contributed by atoms with Gasteiger partial charge in [-0.1, -0.05) is 12.1 Å². The van der Waals surface area contributed by atoms with Gasteiger partial charge in [0.25, 0.3) is 11.1 Å². The lowest BCUT2D eigenvalue weighted by Gasteiger charge is -2.39. The van der Waals surface area contributed by atoms with Gasteiger partial charge in [0.1, 0.15) is 32.0 Å². The molecule has 2 aromatic heterocycles. The molecule has 4 aliphatic rings. The minimum absolute atomic E-state index is 0.00448. The van der Waals surface area contributed by atoms with Gasteiger partial charge in [0.15, 0.2) is 23.0 Å². The summed E-state index contributed by atoms with van der Waals surface area (Å²) in [5.74, 6) is 2.24. The van der Waals surface area contributed by atoms with Crippen molar-refractivity contribution >= 4 is 39.8 Å². The van der Waals surface area contributed by atoms with Crippen LogP contribution in [-0.4, -0.2) is 139 Å². The lowest BCUT2D eigenvalue weighted by Crippen LogP contribution is -2.49. The van der Waals surface area contributed by atoms with E-state index in [9.17, 15) is 24.0 Å². The molecule has 0 spiro atoms. The number of aromatic nitrogens is 2. The SMILES string of the molecule is COC(=O)c1cc(C)cc2c1ccc(=O)n2CCN1CCC(N(Cc2ccc3c(c2)OCCO3)C(=O)OC(C)(C)C)CC1.COC(=O)c1cc(C)cc2c1ccc(=O)n2CCN1CCC(NCc2ccc3c(c2)OCCO3)CC1. The van der Waals surface area contributed by atoms with E-state index in [1.165, 1.54) is 31.9 Å². The summed E-state index contributed by atoms with van der Waals surface area (Å²) in [5, 5.41) is 5.12. The highest BCUT2D eigenvalue weighted by atomic mass is 16.6. The second-order valence-electron chi connectivity index (χ2n) is 21.8. The summed E-state index contributed by atoms with van der Waals surface area (Å²) >= 11 is 0. The Hall–Kier alpha value is -7.41. The molecule has 1 amide bonds. The van der Waals surface area contributed by atoms with Crippen molar-refractivity contribution in [1.82, 2.24) is 29.2 Å². The molecule has 4 aliphatic heterocycles. The van der Waals surface area contributed by atoms with Crippen molar-refractivity contribution in [2.45, 2.75) is 104 Å². The lowest BCUT2D eigenvalue weighted by atomic mass is 10.0. The number of esters is 2. The Morgan fingerprint density at radius 3 is 1.52 bits per heavy atom. The van der Waals surface area contributed by atoms with Crippen LogP contribution in [0.5, 0.6) is 23.0 Å². The molecule has 0 bridgehead atoms. The third-order valence-corrected chi connectivity index (χ3v) is 15.0. The third kappa shape index (κ3) is 13.9. The van der Waals surface area contributed by atoms with Gasteiger partial charge in [-0.15, -0.1) is 0 Å². The smallest absolute Gasteiger partial charge is 0.410 e. The topological polar surface area (TPSA) is 182 Å². The summed E-state index contributed by atoms with van der Waals surface area (Å²) in [5.41, 5.74) is 5.61. The molecular formula is C61H74N6O12. The zero-order valence-corrected chi connectivity index (χ0v) is 46.6. The van der Waals surface area contributed by atoms with Gasteiger partial charge in [0.2, 0.25) is 0 Å². The molecule has 79 heavy (non-hydrogen) atoms. The van der Waals surface area contributed by atoms with Crippen LogP contribution in [-0.2, 0) is 40.4 Å². The van der Waals surface area contributed by atoms with E-state index in [-0.39, 0.29) is 29.2 Å². The molecule has 18 nitrogen and oxygen atoms in total. The van der Waals surface area contributed by atoms with E-state index >= 15 is 0 Å². The van der Waals surface area contributed by atoms with Crippen LogP contribution in [0.1, 0.15) is 89.4 Å². The maximum Gasteiger partial charge on any atom is 0.410 e. The van der Waals surface area contributed by atoms with Gasteiger partial charge in [0.05, 0.1) is 36.4 Å². The lowest BCUT2D eigenvalue weighted by molar-refractivity contribution is 0.00559. The highest BCUT2D eigenvalue weighted by molar-refractivity contribution is 6.04. The number of benzene rings is 4. The van der Waals surface area contributed by atoms with Crippen LogP contribution in [0.3, 0.4) is 0 Å². The zero-order valence-electron chi connectivity index (χ0n) is 46.6. The van der Waals surface area contributed by atoms with Crippen LogP contribution in [0.15, 0.2) is 94.5 Å². The molecule has 0 aliphatic carbocycles. The van der Waals surface area contributed by atoms with Crippen LogP contribution < -0.4 is 35.4 Å². The first-order valence-electron chi connectivity index (χ1n) is 27.4. The molecule has 2 saturated heterocycles. The van der Waals surface area contributed by atoms with Crippen molar-refractivity contribution in [3.05, 3.63) is 139 Å². The summed E-state index contributed by atoms with van der Waals surface area (Å²) in [4.78, 5) is 70.3. The number of methoxy groups -OCH3 is 2. The first kappa shape index (κ1) is 56.3. The zero-order chi connectivity index (χ0) is 55.8. The second-order valence-corrected chi connectivity index (χ2v) is 21.8. The number of amides is 1. The summed E-state index contributed by atoms with van der Waals surface area (Å²) in [7, 11) is 2.73.